The Hall–Kier alpha value is -0.930. The van der Waals surface area contributed by atoms with Crippen LogP contribution in [0.1, 0.15) is 97.3 Å². The third-order valence-corrected chi connectivity index (χ3v) is 3.85. The summed E-state index contributed by atoms with van der Waals surface area (Å²) in [6.07, 6.45) is 14.6. The van der Waals surface area contributed by atoms with Crippen molar-refractivity contribution in [1.82, 2.24) is 5.32 Å². The number of rotatable bonds is 15. The van der Waals surface area contributed by atoms with E-state index in [-0.39, 0.29) is 5.91 Å². The van der Waals surface area contributed by atoms with Gasteiger partial charge < -0.3 is 5.32 Å². The number of carbonyl (C=O) groups is 1. The zero-order chi connectivity index (χ0) is 15.8. The molecule has 0 heterocycles. The van der Waals surface area contributed by atoms with Gasteiger partial charge >= 0.3 is 0 Å². The molecule has 0 rings (SSSR count). The lowest BCUT2D eigenvalue weighted by Crippen LogP contribution is -2.32. The molecule has 0 bridgehead atoms. The van der Waals surface area contributed by atoms with Crippen molar-refractivity contribution in [3.63, 3.8) is 0 Å². The maximum atomic E-state index is 11.5. The summed E-state index contributed by atoms with van der Waals surface area (Å²) >= 11 is 0. The highest BCUT2D eigenvalue weighted by molar-refractivity contribution is 5.76. The van der Waals surface area contributed by atoms with Crippen molar-refractivity contribution in [1.29, 1.82) is 0 Å². The third kappa shape index (κ3) is 13.8. The van der Waals surface area contributed by atoms with E-state index >= 15 is 0 Å². The Morgan fingerprint density at radius 2 is 1.33 bits per heavy atom. The van der Waals surface area contributed by atoms with E-state index in [0.29, 0.717) is 12.8 Å². The van der Waals surface area contributed by atoms with Gasteiger partial charge in [0.25, 0.3) is 0 Å². The molecule has 4 heteroatoms. The first kappa shape index (κ1) is 20.1. The molecule has 21 heavy (non-hydrogen) atoms. The molecule has 124 valence electrons. The van der Waals surface area contributed by atoms with Crippen LogP contribution >= 0.6 is 0 Å². The van der Waals surface area contributed by atoms with Crippen molar-refractivity contribution in [2.45, 2.75) is 103 Å². The van der Waals surface area contributed by atoms with Gasteiger partial charge in [0.05, 0.1) is 0 Å². The molecule has 1 N–H and O–H groups in total. The molecule has 0 radical (unpaired) electrons. The molecule has 0 saturated carbocycles. The number of amides is 1. The lowest BCUT2D eigenvalue weighted by Gasteiger charge is -2.08. The van der Waals surface area contributed by atoms with E-state index in [1.165, 1.54) is 57.8 Å². The van der Waals surface area contributed by atoms with Crippen LogP contribution in [0, 0.1) is 4.91 Å². The van der Waals surface area contributed by atoms with E-state index in [2.05, 4.69) is 17.4 Å². The Kier molecular flexibility index (Phi) is 14.8. The standard InChI is InChI=1S/C17H34N2O2/c1-3-5-6-7-8-9-10-11-12-13-14-15-17(20)18-16(4-2)19-21/h16H,3-15H2,1-2H3,(H,18,20). The monoisotopic (exact) mass is 298 g/mol. The van der Waals surface area contributed by atoms with Crippen LogP contribution in [0.5, 0.6) is 0 Å². The second kappa shape index (κ2) is 15.5. The van der Waals surface area contributed by atoms with Gasteiger partial charge in [0.1, 0.15) is 0 Å². The number of nitroso groups, excluding NO2 is 1. The molecule has 0 aliphatic rings. The predicted molar refractivity (Wildman–Crippen MR) is 89.1 cm³/mol. The van der Waals surface area contributed by atoms with Crippen molar-refractivity contribution in [2.75, 3.05) is 0 Å². The first-order valence-electron chi connectivity index (χ1n) is 8.86. The zero-order valence-corrected chi connectivity index (χ0v) is 14.0. The van der Waals surface area contributed by atoms with Gasteiger partial charge in [-0.3, -0.25) is 4.79 Å². The van der Waals surface area contributed by atoms with Crippen molar-refractivity contribution in [3.8, 4) is 0 Å². The fourth-order valence-corrected chi connectivity index (χ4v) is 2.41. The molecule has 1 amide bonds. The third-order valence-electron chi connectivity index (χ3n) is 3.85. The van der Waals surface area contributed by atoms with Crippen LogP contribution in [0.4, 0.5) is 0 Å². The number of hydrogen-bond acceptors (Lipinski definition) is 3. The topological polar surface area (TPSA) is 58.5 Å². The minimum atomic E-state index is -0.551. The average molecular weight is 298 g/mol. The SMILES string of the molecule is CCCCCCCCCCCCCC(=O)NC(CC)N=O. The first-order chi connectivity index (χ1) is 10.2. The summed E-state index contributed by atoms with van der Waals surface area (Å²) in [5.41, 5.74) is 0. The molecule has 1 unspecified atom stereocenters. The van der Waals surface area contributed by atoms with Crippen LogP contribution in [0.3, 0.4) is 0 Å². The fourth-order valence-electron chi connectivity index (χ4n) is 2.41. The molecule has 0 aliphatic heterocycles. The first-order valence-corrected chi connectivity index (χ1v) is 8.86. The van der Waals surface area contributed by atoms with Crippen molar-refractivity contribution < 1.29 is 4.79 Å². The maximum Gasteiger partial charge on any atom is 0.221 e. The zero-order valence-electron chi connectivity index (χ0n) is 14.0. The van der Waals surface area contributed by atoms with Crippen molar-refractivity contribution in [3.05, 3.63) is 4.91 Å². The molecule has 0 spiro atoms. The Balaban J connectivity index is 3.25. The van der Waals surface area contributed by atoms with E-state index in [4.69, 9.17) is 0 Å². The Labute approximate surface area is 130 Å². The smallest absolute Gasteiger partial charge is 0.221 e. The molecule has 0 aliphatic carbocycles. The second-order valence-electron chi connectivity index (χ2n) is 5.88. The summed E-state index contributed by atoms with van der Waals surface area (Å²) in [6, 6.07) is 0. The van der Waals surface area contributed by atoms with Crippen LogP contribution < -0.4 is 5.32 Å². The van der Waals surface area contributed by atoms with Gasteiger partial charge in [0, 0.05) is 6.42 Å². The molecule has 0 fully saturated rings. The normalized spacial score (nSPS) is 12.1. The van der Waals surface area contributed by atoms with Gasteiger partial charge in [-0.2, -0.15) is 0 Å². The molecule has 0 saturated heterocycles. The van der Waals surface area contributed by atoms with Gasteiger partial charge in [-0.05, 0) is 18.0 Å². The van der Waals surface area contributed by atoms with Crippen LogP contribution in [0.25, 0.3) is 0 Å². The van der Waals surface area contributed by atoms with E-state index in [9.17, 15) is 9.70 Å². The molecule has 1 atom stereocenters. The number of nitrogens with one attached hydrogen (secondary N) is 1. The highest BCUT2D eigenvalue weighted by Gasteiger charge is 2.09. The van der Waals surface area contributed by atoms with Crippen LogP contribution in [-0.2, 0) is 4.79 Å². The molecule has 0 aromatic carbocycles. The van der Waals surface area contributed by atoms with Gasteiger partial charge in [0.2, 0.25) is 5.91 Å². The van der Waals surface area contributed by atoms with Crippen LogP contribution in [0.15, 0.2) is 5.18 Å². The minimum Gasteiger partial charge on any atom is -0.331 e. The number of hydrogen-bond donors (Lipinski definition) is 1. The summed E-state index contributed by atoms with van der Waals surface area (Å²) < 4.78 is 0. The highest BCUT2D eigenvalue weighted by atomic mass is 16.3. The summed E-state index contributed by atoms with van der Waals surface area (Å²) in [5, 5.41) is 5.50. The van der Waals surface area contributed by atoms with Gasteiger partial charge in [-0.25, -0.2) is 0 Å². The highest BCUT2D eigenvalue weighted by Crippen LogP contribution is 2.11. The van der Waals surface area contributed by atoms with Crippen molar-refractivity contribution >= 4 is 5.91 Å². The van der Waals surface area contributed by atoms with E-state index < -0.39 is 6.17 Å². The summed E-state index contributed by atoms with van der Waals surface area (Å²) in [5.74, 6) is -0.0441. The summed E-state index contributed by atoms with van der Waals surface area (Å²) in [6.45, 7) is 4.09. The van der Waals surface area contributed by atoms with Gasteiger partial charge in [-0.15, -0.1) is 4.91 Å². The molecular weight excluding hydrogens is 264 g/mol. The summed E-state index contributed by atoms with van der Waals surface area (Å²) in [7, 11) is 0. The maximum absolute atomic E-state index is 11.5. The Morgan fingerprint density at radius 1 is 0.857 bits per heavy atom. The van der Waals surface area contributed by atoms with E-state index in [1.54, 1.807) is 0 Å². The second-order valence-corrected chi connectivity index (χ2v) is 5.88. The molecular formula is C17H34N2O2. The number of unbranched alkanes of at least 4 members (excludes halogenated alkanes) is 10. The summed E-state index contributed by atoms with van der Waals surface area (Å²) in [4.78, 5) is 21.9. The minimum absolute atomic E-state index is 0.0441. The van der Waals surface area contributed by atoms with Gasteiger partial charge in [-0.1, -0.05) is 78.1 Å². The fraction of sp³-hybridized carbons (Fsp3) is 0.941. The molecule has 0 aromatic rings. The van der Waals surface area contributed by atoms with Crippen LogP contribution in [0.2, 0.25) is 0 Å². The number of nitrogens with zero attached hydrogens (tertiary/aromatic N) is 1. The lowest BCUT2D eigenvalue weighted by molar-refractivity contribution is -0.121. The molecule has 4 nitrogen and oxygen atoms in total. The predicted octanol–water partition coefficient (Wildman–Crippen LogP) is 5.31. The van der Waals surface area contributed by atoms with E-state index in [1.807, 2.05) is 6.92 Å². The van der Waals surface area contributed by atoms with Gasteiger partial charge in [0.15, 0.2) is 6.17 Å². The Morgan fingerprint density at radius 3 is 1.76 bits per heavy atom. The van der Waals surface area contributed by atoms with Crippen LogP contribution in [-0.4, -0.2) is 12.1 Å². The Bertz CT molecular complexity index is 257. The lowest BCUT2D eigenvalue weighted by atomic mass is 10.1. The van der Waals surface area contributed by atoms with E-state index in [0.717, 1.165) is 12.8 Å². The van der Waals surface area contributed by atoms with Crippen molar-refractivity contribution in [2.24, 2.45) is 5.18 Å². The quantitative estimate of drug-likeness (QED) is 0.329. The average Bonchev–Trinajstić information content (AvgIpc) is 2.50. The largest absolute Gasteiger partial charge is 0.331 e. The number of carbonyl (C=O) groups excluding carboxylic acids is 1. The molecule has 0 aromatic heterocycles.